The van der Waals surface area contributed by atoms with E-state index < -0.39 is 21.8 Å². The van der Waals surface area contributed by atoms with E-state index in [9.17, 15) is 21.6 Å². The Morgan fingerprint density at radius 2 is 1.50 bits per heavy atom. The summed E-state index contributed by atoms with van der Waals surface area (Å²) in [6.45, 7) is 1.87. The van der Waals surface area contributed by atoms with Gasteiger partial charge in [-0.15, -0.1) is 0 Å². The van der Waals surface area contributed by atoms with Crippen molar-refractivity contribution in [3.63, 3.8) is 0 Å². The van der Waals surface area contributed by atoms with Crippen LogP contribution in [0.4, 0.5) is 13.2 Å². The monoisotopic (exact) mass is 429 g/mol. The highest BCUT2D eigenvalue weighted by molar-refractivity contribution is 7.90. The quantitative estimate of drug-likeness (QED) is 0.412. The third-order valence-corrected chi connectivity index (χ3v) is 6.74. The first kappa shape index (κ1) is 20.2. The Kier molecular flexibility index (Phi) is 4.94. The van der Waals surface area contributed by atoms with E-state index in [4.69, 9.17) is 0 Å². The lowest BCUT2D eigenvalue weighted by Gasteiger charge is -2.13. The Hall–Kier alpha value is -3.06. The number of alkyl halides is 3. The molecule has 154 valence electrons. The van der Waals surface area contributed by atoms with E-state index in [0.29, 0.717) is 16.8 Å². The van der Waals surface area contributed by atoms with Crippen LogP contribution in [0.15, 0.2) is 83.8 Å². The normalized spacial score (nSPS) is 12.4. The summed E-state index contributed by atoms with van der Waals surface area (Å²) in [6.07, 6.45) is -4.24. The molecule has 3 aromatic carbocycles. The summed E-state index contributed by atoms with van der Waals surface area (Å²) in [4.78, 5) is 0.156. The summed E-state index contributed by atoms with van der Waals surface area (Å²) in [5, 5.41) is 0.745. The molecule has 0 saturated heterocycles. The van der Waals surface area contributed by atoms with Gasteiger partial charge in [0, 0.05) is 17.5 Å². The van der Waals surface area contributed by atoms with Crippen LogP contribution in [0, 0.1) is 6.92 Å². The van der Waals surface area contributed by atoms with Crippen molar-refractivity contribution in [3.8, 4) is 0 Å². The van der Waals surface area contributed by atoms with Crippen molar-refractivity contribution >= 4 is 20.9 Å². The molecule has 0 amide bonds. The molecule has 0 N–H and O–H groups in total. The number of benzene rings is 3. The lowest BCUT2D eigenvalue weighted by Crippen LogP contribution is -2.16. The van der Waals surface area contributed by atoms with E-state index in [0.717, 1.165) is 23.1 Å². The number of aryl methyl sites for hydroxylation is 1. The smallest absolute Gasteiger partial charge is 0.238 e. The van der Waals surface area contributed by atoms with Crippen molar-refractivity contribution in [1.29, 1.82) is 0 Å². The van der Waals surface area contributed by atoms with Gasteiger partial charge in [-0.2, -0.15) is 13.2 Å². The van der Waals surface area contributed by atoms with E-state index >= 15 is 0 Å². The highest BCUT2D eigenvalue weighted by atomic mass is 32.2. The van der Waals surface area contributed by atoms with Crippen LogP contribution in [-0.2, 0) is 22.6 Å². The van der Waals surface area contributed by atoms with Gasteiger partial charge in [0.05, 0.1) is 16.0 Å². The van der Waals surface area contributed by atoms with Crippen molar-refractivity contribution in [3.05, 3.63) is 101 Å². The second-order valence-electron chi connectivity index (χ2n) is 7.15. The second kappa shape index (κ2) is 7.32. The van der Waals surface area contributed by atoms with Crippen LogP contribution in [0.25, 0.3) is 10.9 Å². The molecule has 0 fully saturated rings. The Morgan fingerprint density at radius 1 is 0.867 bits per heavy atom. The number of fused-ring (bicyclic) bond motifs is 1. The lowest BCUT2D eigenvalue weighted by molar-refractivity contribution is -0.137. The fourth-order valence-corrected chi connectivity index (χ4v) is 4.97. The zero-order valence-electron chi connectivity index (χ0n) is 16.0. The van der Waals surface area contributed by atoms with Crippen molar-refractivity contribution in [2.24, 2.45) is 0 Å². The van der Waals surface area contributed by atoms with E-state index in [2.05, 4.69) is 0 Å². The van der Waals surface area contributed by atoms with Gasteiger partial charge in [-0.25, -0.2) is 12.4 Å². The molecule has 0 bridgehead atoms. The number of nitrogens with zero attached hydrogens (tertiary/aromatic N) is 1. The highest BCUT2D eigenvalue weighted by Gasteiger charge is 2.30. The van der Waals surface area contributed by atoms with Gasteiger partial charge in [-0.05, 0) is 48.9 Å². The summed E-state index contributed by atoms with van der Waals surface area (Å²) in [5.74, 6) is 0. The molecule has 0 aliphatic heterocycles. The van der Waals surface area contributed by atoms with Crippen LogP contribution in [0.2, 0.25) is 0 Å². The maximum Gasteiger partial charge on any atom is 0.416 e. The molecule has 1 heterocycles. The first-order chi connectivity index (χ1) is 14.2. The largest absolute Gasteiger partial charge is 0.416 e. The van der Waals surface area contributed by atoms with Gasteiger partial charge in [0.1, 0.15) is 0 Å². The van der Waals surface area contributed by atoms with Crippen LogP contribution < -0.4 is 0 Å². The average molecular weight is 429 g/mol. The molecule has 4 rings (SSSR count). The molecule has 0 aliphatic carbocycles. The summed E-state index contributed by atoms with van der Waals surface area (Å²) in [6, 6.07) is 20.2. The number of halogens is 3. The van der Waals surface area contributed by atoms with Gasteiger partial charge < -0.3 is 0 Å². The fraction of sp³-hybridized carbons (Fsp3) is 0.130. The molecule has 0 unspecified atom stereocenters. The maximum atomic E-state index is 13.4. The molecule has 7 heteroatoms. The minimum absolute atomic E-state index is 0.156. The van der Waals surface area contributed by atoms with E-state index in [1.54, 1.807) is 42.5 Å². The predicted octanol–water partition coefficient (Wildman–Crippen LogP) is 5.80. The topological polar surface area (TPSA) is 39.1 Å². The molecule has 0 radical (unpaired) electrons. The first-order valence-corrected chi connectivity index (χ1v) is 10.7. The summed E-state index contributed by atoms with van der Waals surface area (Å²) >= 11 is 0. The van der Waals surface area contributed by atoms with Crippen molar-refractivity contribution < 1.29 is 21.6 Å². The predicted molar refractivity (Wildman–Crippen MR) is 110 cm³/mol. The summed E-state index contributed by atoms with van der Waals surface area (Å²) < 4.78 is 66.7. The maximum absolute atomic E-state index is 13.4. The summed E-state index contributed by atoms with van der Waals surface area (Å²) in [7, 11) is -3.88. The zero-order valence-corrected chi connectivity index (χ0v) is 16.8. The minimum atomic E-state index is -4.41. The van der Waals surface area contributed by atoms with Gasteiger partial charge in [0.2, 0.25) is 0 Å². The van der Waals surface area contributed by atoms with Crippen LogP contribution in [0.3, 0.4) is 0 Å². The van der Waals surface area contributed by atoms with Gasteiger partial charge >= 0.3 is 6.18 Å². The molecule has 0 spiro atoms. The number of hydrogen-bond donors (Lipinski definition) is 0. The third kappa shape index (κ3) is 3.73. The van der Waals surface area contributed by atoms with Crippen LogP contribution in [-0.4, -0.2) is 12.4 Å². The Bertz CT molecular complexity index is 1300. The molecule has 30 heavy (non-hydrogen) atoms. The van der Waals surface area contributed by atoms with Crippen LogP contribution >= 0.6 is 0 Å². The Balaban J connectivity index is 1.82. The summed E-state index contributed by atoms with van der Waals surface area (Å²) in [5.41, 5.74) is 1.80. The number of hydrogen-bond acceptors (Lipinski definition) is 2. The average Bonchev–Trinajstić information content (AvgIpc) is 3.06. The molecule has 0 saturated carbocycles. The van der Waals surface area contributed by atoms with Crippen LogP contribution in [0.5, 0.6) is 0 Å². The SMILES string of the molecule is Cc1ccc(S(=O)(=O)n2c(Cc3ccc(C(F)(F)F)cc3)cc3ccccc32)cc1. The standard InChI is InChI=1S/C23H18F3NO2S/c1-16-6-12-21(13-7-16)30(28,29)27-20(15-18-4-2-3-5-22(18)27)14-17-8-10-19(11-9-17)23(24,25)26/h2-13,15H,14H2,1H3. The Morgan fingerprint density at radius 3 is 2.13 bits per heavy atom. The zero-order chi connectivity index (χ0) is 21.5. The van der Waals surface area contributed by atoms with E-state index in [1.165, 1.54) is 16.1 Å². The second-order valence-corrected chi connectivity index (χ2v) is 8.94. The molecule has 1 aromatic heterocycles. The van der Waals surface area contributed by atoms with Crippen molar-refractivity contribution in [2.75, 3.05) is 0 Å². The third-order valence-electron chi connectivity index (χ3n) is 4.96. The van der Waals surface area contributed by atoms with Crippen molar-refractivity contribution in [2.45, 2.75) is 24.4 Å². The Labute approximate surface area is 172 Å². The number of para-hydroxylation sites is 1. The van der Waals surface area contributed by atoms with Crippen LogP contribution in [0.1, 0.15) is 22.4 Å². The first-order valence-electron chi connectivity index (χ1n) is 9.24. The molecule has 0 atom stereocenters. The molecular formula is C23H18F3NO2S. The number of rotatable bonds is 4. The van der Waals surface area contributed by atoms with Gasteiger partial charge in [0.25, 0.3) is 10.0 Å². The fourth-order valence-electron chi connectivity index (χ4n) is 3.43. The highest BCUT2D eigenvalue weighted by Crippen LogP contribution is 2.31. The van der Waals surface area contributed by atoms with Crippen molar-refractivity contribution in [1.82, 2.24) is 3.97 Å². The van der Waals surface area contributed by atoms with Gasteiger partial charge in [-0.1, -0.05) is 48.0 Å². The minimum Gasteiger partial charge on any atom is -0.238 e. The lowest BCUT2D eigenvalue weighted by atomic mass is 10.1. The van der Waals surface area contributed by atoms with Gasteiger partial charge in [0.15, 0.2) is 0 Å². The molecular weight excluding hydrogens is 411 g/mol. The molecule has 0 aliphatic rings. The molecule has 4 aromatic rings. The number of aromatic nitrogens is 1. The van der Waals surface area contributed by atoms with E-state index in [-0.39, 0.29) is 11.3 Å². The van der Waals surface area contributed by atoms with Gasteiger partial charge in [-0.3, -0.25) is 0 Å². The van der Waals surface area contributed by atoms with E-state index in [1.807, 2.05) is 19.1 Å². The molecule has 3 nitrogen and oxygen atoms in total.